The number of nitrogens with zero attached hydrogens (tertiary/aromatic N) is 1. The molecule has 0 rings (SSSR count). The van der Waals surface area contributed by atoms with Crippen molar-refractivity contribution in [3.63, 3.8) is 0 Å². The molecule has 1 unspecified atom stereocenters. The Morgan fingerprint density at radius 2 is 1.88 bits per heavy atom. The van der Waals surface area contributed by atoms with Crippen LogP contribution in [0.2, 0.25) is 0 Å². The van der Waals surface area contributed by atoms with Crippen LogP contribution < -0.4 is 5.32 Å². The average Bonchev–Trinajstić information content (AvgIpc) is 2.25. The van der Waals surface area contributed by atoms with Crippen molar-refractivity contribution in [3.05, 3.63) is 0 Å². The van der Waals surface area contributed by atoms with Crippen molar-refractivity contribution in [2.24, 2.45) is 5.92 Å². The van der Waals surface area contributed by atoms with Gasteiger partial charge in [-0.25, -0.2) is 4.79 Å². The quantitative estimate of drug-likeness (QED) is 0.610. The SMILES string of the molecule is CC(CNC(=O)N(CCCO)C(C)C)C(=O)O. The van der Waals surface area contributed by atoms with E-state index in [1.54, 1.807) is 4.90 Å². The standard InChI is InChI=1S/C11H22N2O4/c1-8(2)13(5-4-6-14)11(17)12-7-9(3)10(15)16/h8-9,14H,4-7H2,1-3H3,(H,12,17)(H,15,16). The molecule has 0 aliphatic carbocycles. The van der Waals surface area contributed by atoms with Crippen LogP contribution in [0.15, 0.2) is 0 Å². The van der Waals surface area contributed by atoms with Crippen LogP contribution in [0.3, 0.4) is 0 Å². The third-order valence-electron chi connectivity index (χ3n) is 2.42. The van der Waals surface area contributed by atoms with Crippen molar-refractivity contribution in [1.29, 1.82) is 0 Å². The van der Waals surface area contributed by atoms with Crippen LogP contribution in [-0.4, -0.2) is 52.9 Å². The van der Waals surface area contributed by atoms with Gasteiger partial charge < -0.3 is 20.4 Å². The number of carboxylic acids is 1. The Morgan fingerprint density at radius 3 is 2.29 bits per heavy atom. The van der Waals surface area contributed by atoms with Crippen molar-refractivity contribution in [1.82, 2.24) is 10.2 Å². The minimum absolute atomic E-state index is 0.0154. The molecule has 0 radical (unpaired) electrons. The number of amides is 2. The molecular formula is C11H22N2O4. The van der Waals surface area contributed by atoms with Gasteiger partial charge in [0.2, 0.25) is 0 Å². The summed E-state index contributed by atoms with van der Waals surface area (Å²) < 4.78 is 0. The van der Waals surface area contributed by atoms with E-state index in [4.69, 9.17) is 10.2 Å². The highest BCUT2D eigenvalue weighted by Crippen LogP contribution is 2.01. The van der Waals surface area contributed by atoms with Crippen LogP contribution in [0.1, 0.15) is 27.2 Å². The molecule has 0 bridgehead atoms. The lowest BCUT2D eigenvalue weighted by atomic mass is 10.2. The van der Waals surface area contributed by atoms with Gasteiger partial charge >= 0.3 is 12.0 Å². The molecule has 6 nitrogen and oxygen atoms in total. The second-order valence-corrected chi connectivity index (χ2v) is 4.29. The van der Waals surface area contributed by atoms with Gasteiger partial charge in [-0.05, 0) is 20.3 Å². The van der Waals surface area contributed by atoms with E-state index in [2.05, 4.69) is 5.32 Å². The second kappa shape index (κ2) is 7.89. The molecule has 3 N–H and O–H groups in total. The van der Waals surface area contributed by atoms with Crippen LogP contribution in [0.5, 0.6) is 0 Å². The Morgan fingerprint density at radius 1 is 1.29 bits per heavy atom. The Balaban J connectivity index is 4.18. The highest BCUT2D eigenvalue weighted by Gasteiger charge is 2.18. The number of carbonyl (C=O) groups excluding carboxylic acids is 1. The molecule has 0 aromatic rings. The van der Waals surface area contributed by atoms with E-state index in [1.807, 2.05) is 13.8 Å². The van der Waals surface area contributed by atoms with Crippen LogP contribution in [0.4, 0.5) is 4.79 Å². The summed E-state index contributed by atoms with van der Waals surface area (Å²) in [5, 5.41) is 20.0. The second-order valence-electron chi connectivity index (χ2n) is 4.29. The summed E-state index contributed by atoms with van der Waals surface area (Å²) in [5.41, 5.74) is 0. The van der Waals surface area contributed by atoms with Gasteiger partial charge in [0.15, 0.2) is 0 Å². The molecular weight excluding hydrogens is 224 g/mol. The minimum atomic E-state index is -0.934. The Labute approximate surface area is 102 Å². The molecule has 1 atom stereocenters. The van der Waals surface area contributed by atoms with Gasteiger partial charge in [0.1, 0.15) is 0 Å². The van der Waals surface area contributed by atoms with Crippen LogP contribution in [0, 0.1) is 5.92 Å². The first kappa shape index (κ1) is 15.7. The molecule has 0 fully saturated rings. The van der Waals surface area contributed by atoms with Crippen molar-refractivity contribution >= 4 is 12.0 Å². The Hall–Kier alpha value is -1.30. The lowest BCUT2D eigenvalue weighted by Gasteiger charge is -2.27. The number of aliphatic hydroxyl groups excluding tert-OH is 1. The highest BCUT2D eigenvalue weighted by molar-refractivity contribution is 5.76. The number of urea groups is 1. The maximum Gasteiger partial charge on any atom is 0.317 e. The van der Waals surface area contributed by atoms with Crippen molar-refractivity contribution in [3.8, 4) is 0 Å². The van der Waals surface area contributed by atoms with E-state index in [1.165, 1.54) is 6.92 Å². The number of nitrogens with one attached hydrogen (secondary N) is 1. The first-order valence-corrected chi connectivity index (χ1v) is 5.78. The van der Waals surface area contributed by atoms with Crippen LogP contribution >= 0.6 is 0 Å². The first-order chi connectivity index (χ1) is 7.90. The van der Waals surface area contributed by atoms with E-state index in [-0.39, 0.29) is 25.2 Å². The molecule has 0 aliphatic rings. The zero-order chi connectivity index (χ0) is 13.4. The van der Waals surface area contributed by atoms with Gasteiger partial charge in [-0.15, -0.1) is 0 Å². The number of hydrogen-bond donors (Lipinski definition) is 3. The molecule has 0 aromatic heterocycles. The van der Waals surface area contributed by atoms with Gasteiger partial charge in [0, 0.05) is 25.7 Å². The molecule has 2 amide bonds. The number of carboxylic acid groups (broad SMARTS) is 1. The van der Waals surface area contributed by atoms with E-state index < -0.39 is 11.9 Å². The van der Waals surface area contributed by atoms with Crippen molar-refractivity contribution < 1.29 is 19.8 Å². The normalized spacial score (nSPS) is 12.3. The molecule has 17 heavy (non-hydrogen) atoms. The summed E-state index contributed by atoms with van der Waals surface area (Å²) in [6, 6.07) is -0.275. The van der Waals surface area contributed by atoms with E-state index in [9.17, 15) is 9.59 Å². The molecule has 0 aromatic carbocycles. The number of rotatable bonds is 7. The third kappa shape index (κ3) is 6.11. The fourth-order valence-electron chi connectivity index (χ4n) is 1.26. The molecule has 0 saturated carbocycles. The van der Waals surface area contributed by atoms with E-state index >= 15 is 0 Å². The first-order valence-electron chi connectivity index (χ1n) is 5.78. The maximum absolute atomic E-state index is 11.8. The molecule has 0 aliphatic heterocycles. The van der Waals surface area contributed by atoms with Gasteiger partial charge in [-0.1, -0.05) is 6.92 Å². The van der Waals surface area contributed by atoms with Gasteiger partial charge in [0.05, 0.1) is 5.92 Å². The summed E-state index contributed by atoms with van der Waals surface area (Å²) in [6.45, 7) is 5.88. The fourth-order valence-corrected chi connectivity index (χ4v) is 1.26. The summed E-state index contributed by atoms with van der Waals surface area (Å²) in [5.74, 6) is -1.54. The summed E-state index contributed by atoms with van der Waals surface area (Å²) in [7, 11) is 0. The van der Waals surface area contributed by atoms with Crippen molar-refractivity contribution in [2.75, 3.05) is 19.7 Å². The lowest BCUT2D eigenvalue weighted by Crippen LogP contribution is -2.46. The van der Waals surface area contributed by atoms with Gasteiger partial charge in [-0.3, -0.25) is 4.79 Å². The summed E-state index contributed by atoms with van der Waals surface area (Å²) >= 11 is 0. The molecule has 100 valence electrons. The maximum atomic E-state index is 11.8. The monoisotopic (exact) mass is 246 g/mol. The van der Waals surface area contributed by atoms with E-state index in [0.29, 0.717) is 13.0 Å². The lowest BCUT2D eigenvalue weighted by molar-refractivity contribution is -0.140. The van der Waals surface area contributed by atoms with E-state index in [0.717, 1.165) is 0 Å². The average molecular weight is 246 g/mol. The largest absolute Gasteiger partial charge is 0.481 e. The summed E-state index contributed by atoms with van der Waals surface area (Å²) in [6.07, 6.45) is 0.514. The minimum Gasteiger partial charge on any atom is -0.481 e. The number of hydrogen-bond acceptors (Lipinski definition) is 3. The molecule has 6 heteroatoms. The molecule has 0 spiro atoms. The van der Waals surface area contributed by atoms with Crippen LogP contribution in [-0.2, 0) is 4.79 Å². The Kier molecular flexibility index (Phi) is 7.29. The summed E-state index contributed by atoms with van der Waals surface area (Å²) in [4.78, 5) is 23.9. The predicted molar refractivity (Wildman–Crippen MR) is 63.7 cm³/mol. The van der Waals surface area contributed by atoms with Gasteiger partial charge in [-0.2, -0.15) is 0 Å². The number of aliphatic hydroxyl groups is 1. The topological polar surface area (TPSA) is 89.9 Å². The fraction of sp³-hybridized carbons (Fsp3) is 0.818. The zero-order valence-corrected chi connectivity index (χ0v) is 10.6. The van der Waals surface area contributed by atoms with Crippen LogP contribution in [0.25, 0.3) is 0 Å². The smallest absolute Gasteiger partial charge is 0.317 e. The van der Waals surface area contributed by atoms with Crippen molar-refractivity contribution in [2.45, 2.75) is 33.2 Å². The molecule has 0 heterocycles. The number of carbonyl (C=O) groups is 2. The zero-order valence-electron chi connectivity index (χ0n) is 10.6. The third-order valence-corrected chi connectivity index (χ3v) is 2.42. The molecule has 0 saturated heterocycles. The predicted octanol–water partition coefficient (Wildman–Crippen LogP) is 0.509. The number of aliphatic carboxylic acids is 1. The Bertz CT molecular complexity index is 256. The van der Waals surface area contributed by atoms with Gasteiger partial charge in [0.25, 0.3) is 0 Å². The highest BCUT2D eigenvalue weighted by atomic mass is 16.4.